The summed E-state index contributed by atoms with van der Waals surface area (Å²) in [4.78, 5) is 9.26. The molecule has 0 spiro atoms. The highest BCUT2D eigenvalue weighted by Crippen LogP contribution is 2.34. The zero-order valence-electron chi connectivity index (χ0n) is 16.1. The highest BCUT2D eigenvalue weighted by Gasteiger charge is 2.24. The van der Waals surface area contributed by atoms with Crippen molar-refractivity contribution in [2.24, 2.45) is 5.84 Å². The topological polar surface area (TPSA) is 81.1 Å². The first kappa shape index (κ1) is 20.0. The van der Waals surface area contributed by atoms with Gasteiger partial charge in [-0.05, 0) is 35.9 Å². The molecule has 1 heterocycles. The molecule has 146 valence electrons. The molecule has 4 N–H and O–H groups in total. The second-order valence-corrected chi connectivity index (χ2v) is 8.02. The van der Waals surface area contributed by atoms with Crippen LogP contribution in [0, 0.1) is 5.82 Å². The van der Waals surface area contributed by atoms with Crippen LogP contribution >= 0.6 is 11.6 Å². The van der Waals surface area contributed by atoms with Gasteiger partial charge in [-0.25, -0.2) is 20.2 Å². The molecule has 0 aliphatic rings. The number of hydrogen-bond acceptors (Lipinski definition) is 5. The SMILES string of the molecule is CC(C)(C)c1nc(-c2ccc(F)cc2)c(N)c(N(N)Cc2ccccc2Cl)n1. The van der Waals surface area contributed by atoms with Gasteiger partial charge in [-0.1, -0.05) is 50.6 Å². The minimum Gasteiger partial charge on any atom is -0.394 e. The van der Waals surface area contributed by atoms with E-state index in [1.54, 1.807) is 18.2 Å². The molecule has 0 aliphatic heterocycles. The number of halogens is 2. The highest BCUT2D eigenvalue weighted by atomic mass is 35.5. The van der Waals surface area contributed by atoms with E-state index in [1.165, 1.54) is 17.1 Å². The third kappa shape index (κ3) is 4.24. The van der Waals surface area contributed by atoms with Crippen molar-refractivity contribution in [2.45, 2.75) is 32.7 Å². The fourth-order valence-electron chi connectivity index (χ4n) is 2.72. The predicted octanol–water partition coefficient (Wildman–Crippen LogP) is 4.70. The summed E-state index contributed by atoms with van der Waals surface area (Å²) in [6, 6.07) is 13.5. The van der Waals surface area contributed by atoms with Crippen molar-refractivity contribution in [1.82, 2.24) is 9.97 Å². The van der Waals surface area contributed by atoms with Crippen molar-refractivity contribution in [3.05, 3.63) is 70.8 Å². The molecule has 0 fully saturated rings. The Morgan fingerprint density at radius 3 is 2.29 bits per heavy atom. The number of rotatable bonds is 4. The molecular formula is C21H23ClFN5. The van der Waals surface area contributed by atoms with E-state index in [4.69, 9.17) is 23.2 Å². The number of anilines is 2. The van der Waals surface area contributed by atoms with Crippen LogP contribution in [0.3, 0.4) is 0 Å². The van der Waals surface area contributed by atoms with Gasteiger partial charge < -0.3 is 5.73 Å². The summed E-state index contributed by atoms with van der Waals surface area (Å²) in [5, 5.41) is 2.07. The summed E-state index contributed by atoms with van der Waals surface area (Å²) < 4.78 is 13.4. The van der Waals surface area contributed by atoms with Crippen molar-refractivity contribution < 1.29 is 4.39 Å². The molecule has 0 amide bonds. The molecule has 3 rings (SSSR count). The summed E-state index contributed by atoms with van der Waals surface area (Å²) in [5.41, 5.74) is 8.45. The molecule has 5 nitrogen and oxygen atoms in total. The molecule has 0 saturated heterocycles. The van der Waals surface area contributed by atoms with E-state index < -0.39 is 0 Å². The first-order valence-corrected chi connectivity index (χ1v) is 9.24. The standard InChI is InChI=1S/C21H23ClFN5/c1-21(2,3)20-26-18(13-8-10-15(23)11-9-13)17(24)19(27-20)28(25)12-14-6-4-5-7-16(14)22/h4-11H,12,24-25H2,1-3H3. The Labute approximate surface area is 169 Å². The predicted molar refractivity (Wildman–Crippen MR) is 112 cm³/mol. The molecule has 0 unspecified atom stereocenters. The van der Waals surface area contributed by atoms with Gasteiger partial charge in [0, 0.05) is 16.0 Å². The zero-order chi connectivity index (χ0) is 20.5. The summed E-state index contributed by atoms with van der Waals surface area (Å²) in [5.74, 6) is 6.99. The van der Waals surface area contributed by atoms with E-state index in [1.807, 2.05) is 39.0 Å². The van der Waals surface area contributed by atoms with Crippen molar-refractivity contribution in [2.75, 3.05) is 10.7 Å². The van der Waals surface area contributed by atoms with Crippen LogP contribution in [-0.2, 0) is 12.0 Å². The van der Waals surface area contributed by atoms with Crippen LogP contribution in [0.1, 0.15) is 32.2 Å². The summed E-state index contributed by atoms with van der Waals surface area (Å²) >= 11 is 6.26. The molecule has 0 atom stereocenters. The van der Waals surface area contributed by atoms with Crippen molar-refractivity contribution in [3.8, 4) is 11.3 Å². The maximum atomic E-state index is 13.4. The maximum Gasteiger partial charge on any atom is 0.170 e. The minimum atomic E-state index is -0.331. The lowest BCUT2D eigenvalue weighted by Crippen LogP contribution is -2.33. The van der Waals surface area contributed by atoms with Crippen LogP contribution in [0.5, 0.6) is 0 Å². The molecule has 7 heteroatoms. The Bertz CT molecular complexity index is 983. The monoisotopic (exact) mass is 399 g/mol. The van der Waals surface area contributed by atoms with Gasteiger partial charge in [0.25, 0.3) is 0 Å². The molecule has 1 aromatic heterocycles. The van der Waals surface area contributed by atoms with Crippen LogP contribution in [-0.4, -0.2) is 9.97 Å². The fraction of sp³-hybridized carbons (Fsp3) is 0.238. The van der Waals surface area contributed by atoms with Crippen molar-refractivity contribution in [3.63, 3.8) is 0 Å². The number of benzene rings is 2. The van der Waals surface area contributed by atoms with Crippen LogP contribution in [0.4, 0.5) is 15.9 Å². The number of nitrogens with zero attached hydrogens (tertiary/aromatic N) is 3. The van der Waals surface area contributed by atoms with Crippen molar-refractivity contribution >= 4 is 23.1 Å². The lowest BCUT2D eigenvalue weighted by molar-refractivity contribution is 0.545. The zero-order valence-corrected chi connectivity index (χ0v) is 16.8. The van der Waals surface area contributed by atoms with Gasteiger partial charge in [0.2, 0.25) is 0 Å². The molecule has 2 aromatic carbocycles. The van der Waals surface area contributed by atoms with Crippen molar-refractivity contribution in [1.29, 1.82) is 0 Å². The van der Waals surface area contributed by atoms with E-state index >= 15 is 0 Å². The molecular weight excluding hydrogens is 377 g/mol. The number of nitrogens with two attached hydrogens (primary N) is 2. The summed E-state index contributed by atoms with van der Waals surface area (Å²) in [6.07, 6.45) is 0. The first-order valence-electron chi connectivity index (χ1n) is 8.86. The van der Waals surface area contributed by atoms with Gasteiger partial charge in [0.1, 0.15) is 17.3 Å². The Morgan fingerprint density at radius 1 is 1.04 bits per heavy atom. The molecule has 0 radical (unpaired) electrons. The molecule has 0 bridgehead atoms. The van der Waals surface area contributed by atoms with Gasteiger partial charge in [-0.2, -0.15) is 0 Å². The van der Waals surface area contributed by atoms with Crippen LogP contribution in [0.2, 0.25) is 5.02 Å². The normalized spacial score (nSPS) is 11.5. The smallest absolute Gasteiger partial charge is 0.170 e. The van der Waals surface area contributed by atoms with E-state index in [0.29, 0.717) is 40.2 Å². The average Bonchev–Trinajstić information content (AvgIpc) is 2.63. The maximum absolute atomic E-state index is 13.4. The van der Waals surface area contributed by atoms with E-state index in [2.05, 4.69) is 9.97 Å². The molecule has 0 saturated carbocycles. The van der Waals surface area contributed by atoms with Gasteiger partial charge in [0.05, 0.1) is 12.2 Å². The minimum absolute atomic E-state index is 0.327. The highest BCUT2D eigenvalue weighted by molar-refractivity contribution is 6.31. The van der Waals surface area contributed by atoms with Gasteiger partial charge in [-0.15, -0.1) is 0 Å². The average molecular weight is 400 g/mol. The first-order chi connectivity index (χ1) is 13.2. The number of aromatic nitrogens is 2. The number of hydrogen-bond donors (Lipinski definition) is 2. The van der Waals surface area contributed by atoms with Gasteiger partial charge >= 0.3 is 0 Å². The quantitative estimate of drug-likeness (QED) is 0.491. The second-order valence-electron chi connectivity index (χ2n) is 7.61. The molecule has 0 aliphatic carbocycles. The van der Waals surface area contributed by atoms with E-state index in [-0.39, 0.29) is 11.2 Å². The Hall–Kier alpha value is -2.70. The third-order valence-electron chi connectivity index (χ3n) is 4.28. The lowest BCUT2D eigenvalue weighted by atomic mass is 9.95. The Morgan fingerprint density at radius 2 is 1.68 bits per heavy atom. The number of nitrogen functional groups attached to an aromatic ring is 1. The van der Waals surface area contributed by atoms with Gasteiger partial charge in [0.15, 0.2) is 5.82 Å². The summed E-state index contributed by atoms with van der Waals surface area (Å²) in [6.45, 7) is 6.34. The van der Waals surface area contributed by atoms with E-state index in [0.717, 1.165) is 5.56 Å². The van der Waals surface area contributed by atoms with Crippen LogP contribution < -0.4 is 16.6 Å². The Kier molecular flexibility index (Phi) is 5.54. The van der Waals surface area contributed by atoms with Crippen LogP contribution in [0.15, 0.2) is 48.5 Å². The second kappa shape index (κ2) is 7.73. The molecule has 28 heavy (non-hydrogen) atoms. The Balaban J connectivity index is 2.10. The fourth-order valence-corrected chi connectivity index (χ4v) is 2.92. The largest absolute Gasteiger partial charge is 0.394 e. The van der Waals surface area contributed by atoms with Gasteiger partial charge in [-0.3, -0.25) is 5.01 Å². The summed E-state index contributed by atoms with van der Waals surface area (Å²) in [7, 11) is 0. The molecule has 3 aromatic rings. The number of hydrazine groups is 1. The lowest BCUT2D eigenvalue weighted by Gasteiger charge is -2.25. The third-order valence-corrected chi connectivity index (χ3v) is 4.65. The van der Waals surface area contributed by atoms with E-state index in [9.17, 15) is 4.39 Å². The van der Waals surface area contributed by atoms with Crippen LogP contribution in [0.25, 0.3) is 11.3 Å².